The maximum atomic E-state index is 4.73. The first-order chi connectivity index (χ1) is 1.91. The number of rotatable bonds is 0. The number of alkyl halides is 1. The Hall–Kier alpha value is 1.00. The summed E-state index contributed by atoms with van der Waals surface area (Å²) in [5, 5.41) is 0.660. The molecule has 0 aromatic carbocycles. The van der Waals surface area contributed by atoms with Gasteiger partial charge in [0.1, 0.15) is 0 Å². The SMILES string of the molecule is C#CCBr.[Na+].[OH-]. The molecule has 3 heteroatoms. The van der Waals surface area contributed by atoms with Crippen LogP contribution in [-0.2, 0) is 0 Å². The molecule has 0 radical (unpaired) electrons. The Labute approximate surface area is 68.2 Å². The third-order valence-corrected chi connectivity index (χ3v) is 0.401. The maximum Gasteiger partial charge on any atom is 1.00 e. The van der Waals surface area contributed by atoms with Crippen LogP contribution < -0.4 is 29.6 Å². The maximum absolute atomic E-state index is 4.73. The minimum absolute atomic E-state index is 0. The fourth-order valence-electron chi connectivity index (χ4n) is 0. The zero-order valence-corrected chi connectivity index (χ0v) is 7.20. The second-order valence-corrected chi connectivity index (χ2v) is 0.898. The Balaban J connectivity index is -0.0000000450. The predicted octanol–water partition coefficient (Wildman–Crippen LogP) is -2.16. The van der Waals surface area contributed by atoms with Crippen molar-refractivity contribution in [1.82, 2.24) is 0 Å². The molecule has 30 valence electrons. The number of hydrogen-bond acceptors (Lipinski definition) is 1. The van der Waals surface area contributed by atoms with E-state index in [2.05, 4.69) is 21.9 Å². The largest absolute Gasteiger partial charge is 1.00 e. The van der Waals surface area contributed by atoms with Crippen molar-refractivity contribution >= 4 is 15.9 Å². The molecule has 0 fully saturated rings. The van der Waals surface area contributed by atoms with Gasteiger partial charge in [0, 0.05) is 0 Å². The zero-order chi connectivity index (χ0) is 3.41. The van der Waals surface area contributed by atoms with Crippen LogP contribution in [0.15, 0.2) is 0 Å². The summed E-state index contributed by atoms with van der Waals surface area (Å²) in [7, 11) is 0. The zero-order valence-electron chi connectivity index (χ0n) is 3.61. The van der Waals surface area contributed by atoms with E-state index < -0.39 is 0 Å². The van der Waals surface area contributed by atoms with E-state index in [1.165, 1.54) is 0 Å². The quantitative estimate of drug-likeness (QED) is 0.225. The van der Waals surface area contributed by atoms with Crippen molar-refractivity contribution in [3.63, 3.8) is 0 Å². The van der Waals surface area contributed by atoms with Crippen molar-refractivity contribution < 1.29 is 35.0 Å². The fourth-order valence-corrected chi connectivity index (χ4v) is 0. The van der Waals surface area contributed by atoms with E-state index in [0.717, 1.165) is 0 Å². The second kappa shape index (κ2) is 16.7. The van der Waals surface area contributed by atoms with Crippen molar-refractivity contribution in [2.24, 2.45) is 0 Å². The van der Waals surface area contributed by atoms with E-state index >= 15 is 0 Å². The summed E-state index contributed by atoms with van der Waals surface area (Å²) < 4.78 is 0. The molecule has 0 amide bonds. The van der Waals surface area contributed by atoms with Crippen LogP contribution >= 0.6 is 15.9 Å². The van der Waals surface area contributed by atoms with Crippen LogP contribution in [0.4, 0.5) is 0 Å². The first-order valence-corrected chi connectivity index (χ1v) is 2.03. The minimum Gasteiger partial charge on any atom is -0.870 e. The van der Waals surface area contributed by atoms with E-state index in [-0.39, 0.29) is 35.0 Å². The van der Waals surface area contributed by atoms with E-state index in [9.17, 15) is 0 Å². The van der Waals surface area contributed by atoms with Gasteiger partial charge in [-0.15, -0.1) is 6.42 Å². The molecule has 0 rings (SSSR count). The molecule has 1 N–H and O–H groups in total. The Morgan fingerprint density at radius 1 is 1.67 bits per heavy atom. The van der Waals surface area contributed by atoms with Crippen LogP contribution in [0.1, 0.15) is 0 Å². The summed E-state index contributed by atoms with van der Waals surface area (Å²) in [5.74, 6) is 2.35. The summed E-state index contributed by atoms with van der Waals surface area (Å²) >= 11 is 3.01. The monoisotopic (exact) mass is 158 g/mol. The molecular formula is C3H4BrNaO. The van der Waals surface area contributed by atoms with E-state index in [1.807, 2.05) is 0 Å². The van der Waals surface area contributed by atoms with Crippen LogP contribution in [0.25, 0.3) is 0 Å². The molecule has 0 aliphatic carbocycles. The fraction of sp³-hybridized carbons (Fsp3) is 0.333. The predicted molar refractivity (Wildman–Crippen MR) is 24.6 cm³/mol. The van der Waals surface area contributed by atoms with Gasteiger partial charge in [0.2, 0.25) is 0 Å². The van der Waals surface area contributed by atoms with Gasteiger partial charge >= 0.3 is 29.6 Å². The summed E-state index contributed by atoms with van der Waals surface area (Å²) in [6.45, 7) is 0. The molecule has 0 bridgehead atoms. The molecule has 0 saturated carbocycles. The Morgan fingerprint density at radius 3 is 1.83 bits per heavy atom. The molecular weight excluding hydrogens is 155 g/mol. The molecule has 0 aliphatic rings. The number of hydrogen-bond donors (Lipinski definition) is 0. The topological polar surface area (TPSA) is 30.0 Å². The van der Waals surface area contributed by atoms with Gasteiger partial charge in [0.25, 0.3) is 0 Å². The second-order valence-electron chi connectivity index (χ2n) is 0.338. The van der Waals surface area contributed by atoms with Crippen molar-refractivity contribution in [2.45, 2.75) is 0 Å². The van der Waals surface area contributed by atoms with Gasteiger partial charge in [0.15, 0.2) is 0 Å². The molecule has 0 unspecified atom stereocenters. The van der Waals surface area contributed by atoms with Gasteiger partial charge in [-0.05, 0) is 0 Å². The average molecular weight is 159 g/mol. The number of halogens is 1. The Kier molecular flexibility index (Phi) is 43.8. The number of terminal acetylenes is 1. The van der Waals surface area contributed by atoms with Crippen LogP contribution in [0.2, 0.25) is 0 Å². The molecule has 0 atom stereocenters. The molecule has 0 aromatic heterocycles. The van der Waals surface area contributed by atoms with Crippen molar-refractivity contribution in [1.29, 1.82) is 0 Å². The van der Waals surface area contributed by atoms with E-state index in [0.29, 0.717) is 5.33 Å². The Morgan fingerprint density at radius 2 is 1.83 bits per heavy atom. The first-order valence-electron chi connectivity index (χ1n) is 0.909. The third-order valence-electron chi connectivity index (χ3n) is 0.0772. The van der Waals surface area contributed by atoms with Crippen LogP contribution in [0.3, 0.4) is 0 Å². The molecule has 6 heavy (non-hydrogen) atoms. The van der Waals surface area contributed by atoms with Gasteiger partial charge in [0.05, 0.1) is 5.33 Å². The summed E-state index contributed by atoms with van der Waals surface area (Å²) in [4.78, 5) is 0. The van der Waals surface area contributed by atoms with Crippen molar-refractivity contribution in [3.05, 3.63) is 0 Å². The van der Waals surface area contributed by atoms with E-state index in [4.69, 9.17) is 6.42 Å². The van der Waals surface area contributed by atoms with Gasteiger partial charge < -0.3 is 5.48 Å². The van der Waals surface area contributed by atoms with Gasteiger partial charge in [-0.2, -0.15) is 0 Å². The van der Waals surface area contributed by atoms with E-state index in [1.54, 1.807) is 0 Å². The van der Waals surface area contributed by atoms with Gasteiger partial charge in [-0.1, -0.05) is 21.9 Å². The molecule has 1 nitrogen and oxygen atoms in total. The third kappa shape index (κ3) is 20.0. The summed E-state index contributed by atoms with van der Waals surface area (Å²) in [6.07, 6.45) is 4.73. The smallest absolute Gasteiger partial charge is 0.870 e. The molecule has 0 aromatic rings. The minimum atomic E-state index is 0. The van der Waals surface area contributed by atoms with Crippen molar-refractivity contribution in [2.75, 3.05) is 5.33 Å². The first kappa shape index (κ1) is 15.8. The van der Waals surface area contributed by atoms with Crippen LogP contribution in [0, 0.1) is 12.3 Å². The molecule has 0 saturated heterocycles. The summed E-state index contributed by atoms with van der Waals surface area (Å²) in [6, 6.07) is 0. The molecule has 0 aliphatic heterocycles. The Bertz CT molecular complexity index is 40.5. The summed E-state index contributed by atoms with van der Waals surface area (Å²) in [5.41, 5.74) is 0. The normalized spacial score (nSPS) is 3.33. The van der Waals surface area contributed by atoms with Crippen LogP contribution in [0.5, 0.6) is 0 Å². The standard InChI is InChI=1S/C3H3Br.Na.H2O/c1-2-3-4;;/h1H,3H2;;1H2/q;+1;/p-1. The molecule has 0 spiro atoms. The van der Waals surface area contributed by atoms with Gasteiger partial charge in [-0.25, -0.2) is 0 Å². The van der Waals surface area contributed by atoms with Gasteiger partial charge in [-0.3, -0.25) is 0 Å². The molecule has 0 heterocycles. The average Bonchev–Trinajstić information content (AvgIpc) is 1.37. The van der Waals surface area contributed by atoms with Crippen molar-refractivity contribution in [3.8, 4) is 12.3 Å². The van der Waals surface area contributed by atoms with Crippen LogP contribution in [-0.4, -0.2) is 10.8 Å².